The summed E-state index contributed by atoms with van der Waals surface area (Å²) in [6, 6.07) is 16.5. The lowest BCUT2D eigenvalue weighted by Crippen LogP contribution is -2.26. The Labute approximate surface area is 161 Å². The third kappa shape index (κ3) is 3.29. The molecule has 4 aromatic rings. The normalized spacial score (nSPS) is 12.1. The Morgan fingerprint density at radius 3 is 2.89 bits per heavy atom. The van der Waals surface area contributed by atoms with Gasteiger partial charge in [0.15, 0.2) is 11.6 Å². The molecule has 1 amide bonds. The Hall–Kier alpha value is -3.74. The van der Waals surface area contributed by atoms with Gasteiger partial charge in [-0.2, -0.15) is 5.10 Å². The molecule has 1 atom stereocenters. The molecule has 7 nitrogen and oxygen atoms in total. The van der Waals surface area contributed by atoms with Crippen molar-refractivity contribution in [3.05, 3.63) is 65.9 Å². The molecule has 28 heavy (non-hydrogen) atoms. The highest BCUT2D eigenvalue weighted by Gasteiger charge is 2.16. The predicted molar refractivity (Wildman–Crippen MR) is 107 cm³/mol. The molecule has 4 N–H and O–H groups in total. The zero-order chi connectivity index (χ0) is 19.7. The standard InChI is InChI=1S/C21H20N4O3/c1-12(13-4-3-5-15(10-13)27-2)23-21(26)19-9-8-18(28-19)14-6-7-17-16(11-14)20(22)25-24-17/h3-12H,1-2H3,(H,23,26)(H3,22,24,25). The largest absolute Gasteiger partial charge is 0.497 e. The molecule has 2 aromatic carbocycles. The van der Waals surface area contributed by atoms with Gasteiger partial charge in [-0.25, -0.2) is 0 Å². The molecule has 1 unspecified atom stereocenters. The number of methoxy groups -OCH3 is 1. The van der Waals surface area contributed by atoms with E-state index in [1.165, 1.54) is 0 Å². The number of anilines is 1. The van der Waals surface area contributed by atoms with Crippen LogP contribution in [0, 0.1) is 0 Å². The van der Waals surface area contributed by atoms with Crippen LogP contribution in [0.25, 0.3) is 22.2 Å². The fourth-order valence-electron chi connectivity index (χ4n) is 3.06. The number of nitrogens with two attached hydrogens (primary N) is 1. The minimum Gasteiger partial charge on any atom is -0.497 e. The average Bonchev–Trinajstić information content (AvgIpc) is 3.35. The van der Waals surface area contributed by atoms with E-state index in [1.807, 2.05) is 49.4 Å². The third-order valence-corrected chi connectivity index (χ3v) is 4.65. The zero-order valence-electron chi connectivity index (χ0n) is 15.5. The number of H-pyrrole nitrogens is 1. The number of carbonyl (C=O) groups is 1. The molecule has 0 saturated carbocycles. The van der Waals surface area contributed by atoms with Crippen LogP contribution in [0.3, 0.4) is 0 Å². The van der Waals surface area contributed by atoms with Crippen LogP contribution in [0.2, 0.25) is 0 Å². The molecule has 7 heteroatoms. The van der Waals surface area contributed by atoms with Crippen LogP contribution < -0.4 is 15.8 Å². The summed E-state index contributed by atoms with van der Waals surface area (Å²) in [7, 11) is 1.61. The highest BCUT2D eigenvalue weighted by Crippen LogP contribution is 2.28. The lowest BCUT2D eigenvalue weighted by Gasteiger charge is -2.14. The van der Waals surface area contributed by atoms with Crippen LogP contribution in [-0.2, 0) is 0 Å². The topological polar surface area (TPSA) is 106 Å². The summed E-state index contributed by atoms with van der Waals surface area (Å²) in [6.45, 7) is 1.91. The summed E-state index contributed by atoms with van der Waals surface area (Å²) in [5.74, 6) is 1.71. The molecule has 0 saturated heterocycles. The van der Waals surface area contributed by atoms with Gasteiger partial charge < -0.3 is 20.2 Å². The van der Waals surface area contributed by atoms with E-state index in [1.54, 1.807) is 19.2 Å². The summed E-state index contributed by atoms with van der Waals surface area (Å²) in [5.41, 5.74) is 8.47. The first-order valence-corrected chi connectivity index (χ1v) is 8.84. The molecule has 2 heterocycles. The quantitative estimate of drug-likeness (QED) is 0.490. The van der Waals surface area contributed by atoms with Crippen LogP contribution in [-0.4, -0.2) is 23.2 Å². The number of carbonyl (C=O) groups excluding carboxylic acids is 1. The first-order chi connectivity index (χ1) is 13.5. The van der Waals surface area contributed by atoms with Crippen molar-refractivity contribution in [1.82, 2.24) is 15.5 Å². The number of hydrogen-bond acceptors (Lipinski definition) is 5. The number of rotatable bonds is 5. The van der Waals surface area contributed by atoms with Crippen LogP contribution in [0.4, 0.5) is 5.82 Å². The maximum atomic E-state index is 12.6. The Morgan fingerprint density at radius 2 is 2.07 bits per heavy atom. The second-order valence-corrected chi connectivity index (χ2v) is 6.50. The molecule has 0 bridgehead atoms. The number of aromatic amines is 1. The van der Waals surface area contributed by atoms with Gasteiger partial charge in [0.25, 0.3) is 5.91 Å². The van der Waals surface area contributed by atoms with Crippen molar-refractivity contribution in [3.8, 4) is 17.1 Å². The zero-order valence-corrected chi connectivity index (χ0v) is 15.5. The van der Waals surface area contributed by atoms with Crippen molar-refractivity contribution in [1.29, 1.82) is 0 Å². The number of nitrogens with zero attached hydrogens (tertiary/aromatic N) is 1. The molecule has 4 rings (SSSR count). The first kappa shape index (κ1) is 17.7. The summed E-state index contributed by atoms with van der Waals surface area (Å²) in [4.78, 5) is 12.6. The van der Waals surface area contributed by atoms with Gasteiger partial charge in [-0.1, -0.05) is 12.1 Å². The second-order valence-electron chi connectivity index (χ2n) is 6.50. The smallest absolute Gasteiger partial charge is 0.287 e. The monoisotopic (exact) mass is 376 g/mol. The number of ether oxygens (including phenoxy) is 1. The van der Waals surface area contributed by atoms with E-state index in [0.29, 0.717) is 11.6 Å². The average molecular weight is 376 g/mol. The number of nitrogen functional groups attached to an aromatic ring is 1. The van der Waals surface area contributed by atoms with E-state index in [9.17, 15) is 4.79 Å². The van der Waals surface area contributed by atoms with Gasteiger partial charge in [-0.15, -0.1) is 0 Å². The van der Waals surface area contributed by atoms with Crippen molar-refractivity contribution in [2.24, 2.45) is 0 Å². The van der Waals surface area contributed by atoms with E-state index in [2.05, 4.69) is 15.5 Å². The molecule has 0 radical (unpaired) electrons. The maximum absolute atomic E-state index is 12.6. The van der Waals surface area contributed by atoms with Crippen molar-refractivity contribution >= 4 is 22.6 Å². The fourth-order valence-corrected chi connectivity index (χ4v) is 3.06. The number of aromatic nitrogens is 2. The van der Waals surface area contributed by atoms with Crippen molar-refractivity contribution < 1.29 is 13.9 Å². The van der Waals surface area contributed by atoms with Gasteiger partial charge >= 0.3 is 0 Å². The Kier molecular flexibility index (Phi) is 4.49. The molecule has 0 spiro atoms. The SMILES string of the molecule is COc1cccc(C(C)NC(=O)c2ccc(-c3ccc4[nH]nc(N)c4c3)o2)c1. The summed E-state index contributed by atoms with van der Waals surface area (Å²) in [5, 5.41) is 10.6. The minimum atomic E-state index is -0.287. The number of nitrogens with one attached hydrogen (secondary N) is 2. The summed E-state index contributed by atoms with van der Waals surface area (Å²) >= 11 is 0. The van der Waals surface area contributed by atoms with Gasteiger partial charge in [0.05, 0.1) is 18.7 Å². The summed E-state index contributed by atoms with van der Waals surface area (Å²) < 4.78 is 11.0. The molecule has 0 aliphatic carbocycles. The van der Waals surface area contributed by atoms with Crippen molar-refractivity contribution in [2.45, 2.75) is 13.0 Å². The van der Waals surface area contributed by atoms with Gasteiger partial charge in [0.2, 0.25) is 0 Å². The number of amides is 1. The number of fused-ring (bicyclic) bond motifs is 1. The van der Waals surface area contributed by atoms with Crippen LogP contribution in [0.15, 0.2) is 59.0 Å². The summed E-state index contributed by atoms with van der Waals surface area (Å²) in [6.07, 6.45) is 0. The van der Waals surface area contributed by atoms with Gasteiger partial charge in [0, 0.05) is 10.9 Å². The fraction of sp³-hybridized carbons (Fsp3) is 0.143. The molecule has 142 valence electrons. The Bertz CT molecular complexity index is 1150. The number of benzene rings is 2. The number of hydrogen-bond donors (Lipinski definition) is 3. The molecular formula is C21H20N4O3. The van der Waals surface area contributed by atoms with Crippen LogP contribution in [0.5, 0.6) is 5.75 Å². The maximum Gasteiger partial charge on any atom is 0.287 e. The van der Waals surface area contributed by atoms with E-state index < -0.39 is 0 Å². The van der Waals surface area contributed by atoms with Crippen LogP contribution >= 0.6 is 0 Å². The van der Waals surface area contributed by atoms with E-state index in [-0.39, 0.29) is 17.7 Å². The lowest BCUT2D eigenvalue weighted by atomic mass is 10.1. The molecule has 2 aromatic heterocycles. The van der Waals surface area contributed by atoms with Gasteiger partial charge in [-0.05, 0) is 55.0 Å². The van der Waals surface area contributed by atoms with Gasteiger partial charge in [0.1, 0.15) is 11.5 Å². The first-order valence-electron chi connectivity index (χ1n) is 8.84. The third-order valence-electron chi connectivity index (χ3n) is 4.65. The second kappa shape index (κ2) is 7.11. The Morgan fingerprint density at radius 1 is 1.21 bits per heavy atom. The van der Waals surface area contributed by atoms with E-state index in [0.717, 1.165) is 27.8 Å². The molecule has 0 fully saturated rings. The van der Waals surface area contributed by atoms with E-state index >= 15 is 0 Å². The molecule has 0 aliphatic heterocycles. The lowest BCUT2D eigenvalue weighted by molar-refractivity contribution is 0.0912. The van der Waals surface area contributed by atoms with E-state index in [4.69, 9.17) is 14.9 Å². The molecular weight excluding hydrogens is 356 g/mol. The Balaban J connectivity index is 1.52. The predicted octanol–water partition coefficient (Wildman–Crippen LogP) is 3.90. The minimum absolute atomic E-state index is 0.196. The number of furan rings is 1. The van der Waals surface area contributed by atoms with Crippen molar-refractivity contribution in [2.75, 3.05) is 12.8 Å². The molecule has 0 aliphatic rings. The van der Waals surface area contributed by atoms with Gasteiger partial charge in [-0.3, -0.25) is 9.89 Å². The highest BCUT2D eigenvalue weighted by molar-refractivity contribution is 5.94. The van der Waals surface area contributed by atoms with Crippen LogP contribution in [0.1, 0.15) is 29.1 Å². The van der Waals surface area contributed by atoms with Crippen molar-refractivity contribution in [3.63, 3.8) is 0 Å². The highest BCUT2D eigenvalue weighted by atomic mass is 16.5.